The zero-order valence-electron chi connectivity index (χ0n) is 17.4. The van der Waals surface area contributed by atoms with E-state index in [0.29, 0.717) is 25.6 Å². The predicted molar refractivity (Wildman–Crippen MR) is 107 cm³/mol. The van der Waals surface area contributed by atoms with Crippen molar-refractivity contribution >= 4 is 11.9 Å². The normalized spacial score (nSPS) is 19.2. The Bertz CT molecular complexity index is 948. The first kappa shape index (κ1) is 24.4. The summed E-state index contributed by atoms with van der Waals surface area (Å²) >= 11 is 0. The molecule has 1 N–H and O–H groups in total. The van der Waals surface area contributed by atoms with Crippen molar-refractivity contribution < 1.29 is 41.7 Å². The van der Waals surface area contributed by atoms with E-state index in [4.69, 9.17) is 19.4 Å². The van der Waals surface area contributed by atoms with Crippen molar-refractivity contribution in [2.45, 2.75) is 37.1 Å². The molecule has 1 atom stereocenters. The number of amides is 1. The van der Waals surface area contributed by atoms with Gasteiger partial charge in [-0.2, -0.15) is 13.2 Å². The summed E-state index contributed by atoms with van der Waals surface area (Å²) in [6, 6.07) is 11.7. The standard InChI is InChI=1S/C20H21FN2O3.C2HF3O2/c21-16-6-4-15(5-7-16)11-19(24)23-13-20(14-23)12-17(8-10-25-20)26-18-3-1-2-9-22-18;3-2(4,5)1(6)7/h1-7,9,17H,8,10-14H2;(H,6,7). The molecule has 2 aliphatic heterocycles. The lowest BCUT2D eigenvalue weighted by molar-refractivity contribution is -0.193. The second-order valence-corrected chi connectivity index (χ2v) is 7.79. The first-order chi connectivity index (χ1) is 15.6. The molecule has 2 saturated heterocycles. The van der Waals surface area contributed by atoms with Crippen LogP contribution < -0.4 is 4.74 Å². The van der Waals surface area contributed by atoms with Crippen molar-refractivity contribution in [1.29, 1.82) is 0 Å². The Morgan fingerprint density at radius 2 is 1.85 bits per heavy atom. The number of carboxylic acids is 1. The van der Waals surface area contributed by atoms with Gasteiger partial charge in [0.25, 0.3) is 0 Å². The van der Waals surface area contributed by atoms with E-state index in [9.17, 15) is 22.4 Å². The van der Waals surface area contributed by atoms with Crippen LogP contribution in [0.1, 0.15) is 18.4 Å². The number of carbonyl (C=O) groups excluding carboxylic acids is 1. The molecule has 0 radical (unpaired) electrons. The molecular weight excluding hydrogens is 448 g/mol. The maximum Gasteiger partial charge on any atom is 0.490 e. The highest BCUT2D eigenvalue weighted by Crippen LogP contribution is 2.35. The van der Waals surface area contributed by atoms with Crippen LogP contribution in [-0.4, -0.2) is 64.4 Å². The van der Waals surface area contributed by atoms with Crippen LogP contribution >= 0.6 is 0 Å². The number of hydrogen-bond donors (Lipinski definition) is 1. The zero-order chi connectivity index (χ0) is 24.1. The third kappa shape index (κ3) is 6.88. The van der Waals surface area contributed by atoms with Gasteiger partial charge in [-0.25, -0.2) is 14.2 Å². The fourth-order valence-corrected chi connectivity index (χ4v) is 3.61. The number of hydrogen-bond acceptors (Lipinski definition) is 5. The molecule has 7 nitrogen and oxygen atoms in total. The molecule has 4 rings (SSSR count). The third-order valence-electron chi connectivity index (χ3n) is 5.19. The lowest BCUT2D eigenvalue weighted by Crippen LogP contribution is -2.67. The number of aromatic nitrogens is 1. The van der Waals surface area contributed by atoms with Crippen LogP contribution in [0.25, 0.3) is 0 Å². The number of carbonyl (C=O) groups is 2. The Labute approximate surface area is 186 Å². The molecular formula is C22H22F4N2O5. The maximum atomic E-state index is 13.0. The molecule has 2 aromatic rings. The summed E-state index contributed by atoms with van der Waals surface area (Å²) < 4.78 is 56.6. The number of alkyl halides is 3. The van der Waals surface area contributed by atoms with Crippen molar-refractivity contribution in [2.75, 3.05) is 19.7 Å². The second-order valence-electron chi connectivity index (χ2n) is 7.79. The van der Waals surface area contributed by atoms with Crippen molar-refractivity contribution in [2.24, 2.45) is 0 Å². The fraction of sp³-hybridized carbons (Fsp3) is 0.409. The molecule has 3 heterocycles. The lowest BCUT2D eigenvalue weighted by Gasteiger charge is -2.52. The quantitative estimate of drug-likeness (QED) is 0.691. The number of pyridine rings is 1. The van der Waals surface area contributed by atoms with E-state index in [1.54, 1.807) is 23.2 Å². The van der Waals surface area contributed by atoms with Crippen molar-refractivity contribution in [3.63, 3.8) is 0 Å². The van der Waals surface area contributed by atoms with Gasteiger partial charge in [-0.15, -0.1) is 0 Å². The summed E-state index contributed by atoms with van der Waals surface area (Å²) in [4.78, 5) is 27.3. The molecule has 0 bridgehead atoms. The fourth-order valence-electron chi connectivity index (χ4n) is 3.61. The Balaban J connectivity index is 0.000000383. The second kappa shape index (κ2) is 10.2. The molecule has 2 fully saturated rings. The van der Waals surface area contributed by atoms with Gasteiger partial charge in [0.05, 0.1) is 26.1 Å². The molecule has 178 valence electrons. The van der Waals surface area contributed by atoms with Crippen molar-refractivity contribution in [3.05, 3.63) is 60.0 Å². The van der Waals surface area contributed by atoms with Crippen LogP contribution in [0.15, 0.2) is 48.7 Å². The number of halogens is 4. The van der Waals surface area contributed by atoms with Crippen LogP contribution in [0.5, 0.6) is 5.88 Å². The van der Waals surface area contributed by atoms with E-state index in [-0.39, 0.29) is 29.9 Å². The van der Waals surface area contributed by atoms with Gasteiger partial charge in [0, 0.05) is 25.1 Å². The number of aliphatic carboxylic acids is 1. The maximum absolute atomic E-state index is 13.0. The minimum Gasteiger partial charge on any atom is -0.475 e. The largest absolute Gasteiger partial charge is 0.490 e. The van der Waals surface area contributed by atoms with Gasteiger partial charge in [0.15, 0.2) is 0 Å². The van der Waals surface area contributed by atoms with Crippen LogP contribution in [-0.2, 0) is 20.7 Å². The molecule has 11 heteroatoms. The molecule has 2 aliphatic rings. The molecule has 1 spiro atoms. The number of ether oxygens (including phenoxy) is 2. The molecule has 1 unspecified atom stereocenters. The van der Waals surface area contributed by atoms with Crippen LogP contribution in [0.4, 0.5) is 17.6 Å². The summed E-state index contributed by atoms with van der Waals surface area (Å²) in [5, 5.41) is 7.12. The van der Waals surface area contributed by atoms with E-state index in [2.05, 4.69) is 4.98 Å². The topological polar surface area (TPSA) is 89.0 Å². The highest BCUT2D eigenvalue weighted by Gasteiger charge is 2.49. The van der Waals surface area contributed by atoms with Gasteiger partial charge in [-0.1, -0.05) is 18.2 Å². The lowest BCUT2D eigenvalue weighted by atomic mass is 9.84. The summed E-state index contributed by atoms with van der Waals surface area (Å²) in [5.74, 6) is -2.39. The van der Waals surface area contributed by atoms with E-state index in [1.165, 1.54) is 12.1 Å². The first-order valence-electron chi connectivity index (χ1n) is 10.1. The smallest absolute Gasteiger partial charge is 0.475 e. The Hall–Kier alpha value is -3.21. The number of carboxylic acid groups (broad SMARTS) is 1. The van der Waals surface area contributed by atoms with Gasteiger partial charge in [-0.3, -0.25) is 4.79 Å². The summed E-state index contributed by atoms with van der Waals surface area (Å²) in [5.41, 5.74) is 0.508. The highest BCUT2D eigenvalue weighted by atomic mass is 19.4. The molecule has 0 aliphatic carbocycles. The molecule has 0 saturated carbocycles. The SMILES string of the molecule is O=C(Cc1ccc(F)cc1)N1CC2(CC(Oc3ccccn3)CCO2)C1.O=C(O)C(F)(F)F. The Morgan fingerprint density at radius 1 is 1.18 bits per heavy atom. The van der Waals surface area contributed by atoms with Gasteiger partial charge < -0.3 is 19.5 Å². The van der Waals surface area contributed by atoms with Gasteiger partial charge in [0.1, 0.15) is 17.5 Å². The Kier molecular flexibility index (Phi) is 7.52. The first-order valence-corrected chi connectivity index (χ1v) is 10.1. The van der Waals surface area contributed by atoms with Crippen LogP contribution in [0.2, 0.25) is 0 Å². The Morgan fingerprint density at radius 3 is 2.42 bits per heavy atom. The number of benzene rings is 1. The summed E-state index contributed by atoms with van der Waals surface area (Å²) in [6.07, 6.45) is -1.47. The van der Waals surface area contributed by atoms with Crippen LogP contribution in [0, 0.1) is 5.82 Å². The predicted octanol–water partition coefficient (Wildman–Crippen LogP) is 3.24. The minimum atomic E-state index is -5.08. The van der Waals surface area contributed by atoms with E-state index < -0.39 is 12.1 Å². The monoisotopic (exact) mass is 470 g/mol. The molecule has 33 heavy (non-hydrogen) atoms. The molecule has 1 aromatic carbocycles. The van der Waals surface area contributed by atoms with E-state index in [1.807, 2.05) is 18.2 Å². The number of rotatable bonds is 4. The van der Waals surface area contributed by atoms with Crippen LogP contribution in [0.3, 0.4) is 0 Å². The average Bonchev–Trinajstić information content (AvgIpc) is 2.74. The van der Waals surface area contributed by atoms with E-state index >= 15 is 0 Å². The van der Waals surface area contributed by atoms with Crippen molar-refractivity contribution in [3.8, 4) is 5.88 Å². The number of nitrogens with zero attached hydrogens (tertiary/aromatic N) is 2. The number of likely N-dealkylation sites (tertiary alicyclic amines) is 1. The van der Waals surface area contributed by atoms with E-state index in [0.717, 1.165) is 18.4 Å². The summed E-state index contributed by atoms with van der Waals surface area (Å²) in [6.45, 7) is 1.78. The highest BCUT2D eigenvalue weighted by molar-refractivity contribution is 5.80. The zero-order valence-corrected chi connectivity index (χ0v) is 17.4. The summed E-state index contributed by atoms with van der Waals surface area (Å²) in [7, 11) is 0. The molecule has 1 aromatic heterocycles. The van der Waals surface area contributed by atoms with Gasteiger partial charge in [-0.05, 0) is 23.8 Å². The average molecular weight is 470 g/mol. The van der Waals surface area contributed by atoms with Crippen molar-refractivity contribution in [1.82, 2.24) is 9.88 Å². The van der Waals surface area contributed by atoms with Gasteiger partial charge in [0.2, 0.25) is 11.8 Å². The molecule has 1 amide bonds. The van der Waals surface area contributed by atoms with Gasteiger partial charge >= 0.3 is 12.1 Å². The minimum absolute atomic E-state index is 0.0404. The third-order valence-corrected chi connectivity index (χ3v) is 5.19.